The molecule has 1 saturated heterocycles. The molecule has 1 atom stereocenters. The van der Waals surface area contributed by atoms with Crippen LogP contribution in [0.25, 0.3) is 0 Å². The zero-order valence-corrected chi connectivity index (χ0v) is 10.3. The normalized spacial score (nSPS) is 23.0. The number of aliphatic carboxylic acids is 1. The van der Waals surface area contributed by atoms with Crippen LogP contribution in [0.2, 0.25) is 5.82 Å². The molecule has 0 aromatic carbocycles. The van der Waals surface area contributed by atoms with Crippen molar-refractivity contribution in [1.29, 1.82) is 0 Å². The molecule has 4 nitrogen and oxygen atoms in total. The van der Waals surface area contributed by atoms with Crippen molar-refractivity contribution in [3.63, 3.8) is 0 Å². The van der Waals surface area contributed by atoms with E-state index in [1.165, 1.54) is 0 Å². The summed E-state index contributed by atoms with van der Waals surface area (Å²) in [7, 11) is -0.331. The summed E-state index contributed by atoms with van der Waals surface area (Å²) in [6.07, 6.45) is 1.67. The number of hydrogen-bond donors (Lipinski definition) is 1. The van der Waals surface area contributed by atoms with E-state index in [-0.39, 0.29) is 18.4 Å². The first-order valence-electron chi connectivity index (χ1n) is 5.47. The number of carboxylic acids is 1. The van der Waals surface area contributed by atoms with E-state index < -0.39 is 5.97 Å². The fourth-order valence-corrected chi connectivity index (χ4v) is 1.55. The first-order valence-corrected chi connectivity index (χ1v) is 5.47. The highest BCUT2D eigenvalue weighted by Gasteiger charge is 2.35. The summed E-state index contributed by atoms with van der Waals surface area (Å²) in [5.41, 5.74) is 0.367. The van der Waals surface area contributed by atoms with Crippen LogP contribution in [0.5, 0.6) is 0 Å². The Morgan fingerprint density at radius 2 is 1.94 bits per heavy atom. The average molecular weight is 226 g/mol. The molecule has 0 saturated carbocycles. The van der Waals surface area contributed by atoms with E-state index in [4.69, 9.17) is 14.4 Å². The maximum atomic E-state index is 10.7. The maximum absolute atomic E-state index is 10.7. The van der Waals surface area contributed by atoms with Crippen molar-refractivity contribution in [1.82, 2.24) is 0 Å². The first kappa shape index (κ1) is 13.3. The van der Waals surface area contributed by atoms with E-state index in [1.54, 1.807) is 13.0 Å². The molecule has 16 heavy (non-hydrogen) atoms. The van der Waals surface area contributed by atoms with Crippen molar-refractivity contribution >= 4 is 13.1 Å². The number of allylic oxidation sites excluding steroid dienone is 1. The molecule has 0 bridgehead atoms. The second kappa shape index (κ2) is 5.02. The smallest absolute Gasteiger partial charge is 0.463 e. The van der Waals surface area contributed by atoms with Gasteiger partial charge >= 0.3 is 13.1 Å². The summed E-state index contributed by atoms with van der Waals surface area (Å²) in [4.78, 5) is 10.7. The Balaban J connectivity index is 2.54. The molecule has 0 aromatic heterocycles. The summed E-state index contributed by atoms with van der Waals surface area (Å²) in [6, 6.07) is 0. The Labute approximate surface area is 96.8 Å². The Kier molecular flexibility index (Phi) is 4.16. The lowest BCUT2D eigenvalue weighted by Gasteiger charge is -2.34. The molecule has 1 fully saturated rings. The van der Waals surface area contributed by atoms with Gasteiger partial charge in [-0.15, -0.1) is 0 Å². The topological polar surface area (TPSA) is 55.8 Å². The summed E-state index contributed by atoms with van der Waals surface area (Å²) < 4.78 is 11.2. The minimum atomic E-state index is -0.900. The van der Waals surface area contributed by atoms with Crippen LogP contribution < -0.4 is 0 Å². The molecule has 1 unspecified atom stereocenters. The number of carboxylic acid groups (broad SMARTS) is 1. The summed E-state index contributed by atoms with van der Waals surface area (Å²) in [6.45, 7) is 8.91. The number of rotatable bonds is 3. The van der Waals surface area contributed by atoms with Crippen molar-refractivity contribution in [3.8, 4) is 0 Å². The zero-order chi connectivity index (χ0) is 12.3. The molecule has 1 heterocycles. The monoisotopic (exact) mass is 226 g/mol. The van der Waals surface area contributed by atoms with Gasteiger partial charge in [-0.25, -0.2) is 4.79 Å². The van der Waals surface area contributed by atoms with Crippen LogP contribution >= 0.6 is 0 Å². The maximum Gasteiger partial charge on any atom is 0.463 e. The molecule has 90 valence electrons. The van der Waals surface area contributed by atoms with Gasteiger partial charge in [-0.1, -0.05) is 26.8 Å². The highest BCUT2D eigenvalue weighted by Crippen LogP contribution is 2.27. The minimum Gasteiger partial charge on any atom is -0.478 e. The van der Waals surface area contributed by atoms with E-state index in [2.05, 4.69) is 13.8 Å². The molecule has 1 N–H and O–H groups in total. The molecule has 5 heteroatoms. The largest absolute Gasteiger partial charge is 0.478 e. The van der Waals surface area contributed by atoms with E-state index in [1.807, 2.05) is 6.92 Å². The zero-order valence-electron chi connectivity index (χ0n) is 10.3. The summed E-state index contributed by atoms with van der Waals surface area (Å²) >= 11 is 0. The van der Waals surface area contributed by atoms with Crippen molar-refractivity contribution in [2.45, 2.75) is 33.5 Å². The lowest BCUT2D eigenvalue weighted by molar-refractivity contribution is -0.132. The Morgan fingerprint density at radius 1 is 1.44 bits per heavy atom. The van der Waals surface area contributed by atoms with Crippen molar-refractivity contribution in [2.24, 2.45) is 5.41 Å². The lowest BCUT2D eigenvalue weighted by Crippen LogP contribution is -2.42. The molecule has 0 aliphatic carbocycles. The quantitative estimate of drug-likeness (QED) is 0.590. The van der Waals surface area contributed by atoms with Gasteiger partial charge in [0.2, 0.25) is 0 Å². The van der Waals surface area contributed by atoms with Crippen LogP contribution in [0.15, 0.2) is 11.6 Å². The third kappa shape index (κ3) is 3.65. The SMILES string of the molecule is C/C(=C\C(C)B1OCC(C)(C)CO1)C(=O)O. The minimum absolute atomic E-state index is 0.0434. The molecule has 0 aromatic rings. The van der Waals surface area contributed by atoms with Gasteiger partial charge in [0.1, 0.15) is 0 Å². The van der Waals surface area contributed by atoms with Crippen molar-refractivity contribution in [3.05, 3.63) is 11.6 Å². The van der Waals surface area contributed by atoms with Crippen molar-refractivity contribution in [2.75, 3.05) is 13.2 Å². The number of hydrogen-bond acceptors (Lipinski definition) is 3. The predicted molar refractivity (Wildman–Crippen MR) is 62.3 cm³/mol. The summed E-state index contributed by atoms with van der Waals surface area (Å²) in [5, 5.41) is 8.76. The van der Waals surface area contributed by atoms with E-state index in [9.17, 15) is 4.79 Å². The third-order valence-corrected chi connectivity index (χ3v) is 2.56. The van der Waals surface area contributed by atoms with Crippen molar-refractivity contribution < 1.29 is 19.2 Å². The van der Waals surface area contributed by atoms with Gasteiger partial charge in [0.15, 0.2) is 0 Å². The third-order valence-electron chi connectivity index (χ3n) is 2.56. The second-order valence-corrected chi connectivity index (χ2v) is 5.17. The molecule has 0 radical (unpaired) electrons. The first-order chi connectivity index (χ1) is 7.32. The lowest BCUT2D eigenvalue weighted by atomic mass is 9.70. The van der Waals surface area contributed by atoms with Crippen LogP contribution in [0.1, 0.15) is 27.7 Å². The van der Waals surface area contributed by atoms with Gasteiger partial charge in [-0.05, 0) is 6.92 Å². The van der Waals surface area contributed by atoms with Gasteiger partial charge in [-0.2, -0.15) is 0 Å². The van der Waals surface area contributed by atoms with Crippen LogP contribution in [0.4, 0.5) is 0 Å². The fourth-order valence-electron chi connectivity index (χ4n) is 1.55. The van der Waals surface area contributed by atoms with Crippen LogP contribution in [-0.2, 0) is 14.1 Å². The molecule has 0 amide bonds. The average Bonchev–Trinajstić information content (AvgIpc) is 2.17. The number of carbonyl (C=O) groups is 1. The molecule has 1 aliphatic heterocycles. The fraction of sp³-hybridized carbons (Fsp3) is 0.727. The molecule has 1 aliphatic rings. The molecular formula is C11H19BO4. The van der Waals surface area contributed by atoms with E-state index in [0.717, 1.165) is 0 Å². The molecule has 1 rings (SSSR count). The van der Waals surface area contributed by atoms with Gasteiger partial charge in [-0.3, -0.25) is 0 Å². The van der Waals surface area contributed by atoms with Gasteiger partial charge < -0.3 is 14.4 Å². The Hall–Kier alpha value is -0.805. The van der Waals surface area contributed by atoms with E-state index in [0.29, 0.717) is 18.8 Å². The standard InChI is InChI=1S/C11H19BO4/c1-8(10(13)14)5-9(2)12-15-6-11(3,4)7-16-12/h5,9H,6-7H2,1-4H3,(H,13,14)/b8-5+. The predicted octanol–water partition coefficient (Wildman–Crippen LogP) is 1.97. The van der Waals surface area contributed by atoms with E-state index >= 15 is 0 Å². The van der Waals surface area contributed by atoms with Crippen LogP contribution in [-0.4, -0.2) is 31.4 Å². The highest BCUT2D eigenvalue weighted by atomic mass is 16.6. The second-order valence-electron chi connectivity index (χ2n) is 5.17. The van der Waals surface area contributed by atoms with Gasteiger partial charge in [0.05, 0.1) is 0 Å². The van der Waals surface area contributed by atoms with Crippen LogP contribution in [0.3, 0.4) is 0 Å². The van der Waals surface area contributed by atoms with Crippen LogP contribution in [0, 0.1) is 5.41 Å². The molecular weight excluding hydrogens is 207 g/mol. The van der Waals surface area contributed by atoms with Gasteiger partial charge in [0.25, 0.3) is 0 Å². The summed E-state index contributed by atoms with van der Waals surface area (Å²) in [5.74, 6) is -0.949. The Bertz CT molecular complexity index is 288. The molecule has 0 spiro atoms. The Morgan fingerprint density at radius 3 is 2.38 bits per heavy atom. The highest BCUT2D eigenvalue weighted by molar-refractivity contribution is 6.47. The van der Waals surface area contributed by atoms with Gasteiger partial charge in [0, 0.05) is 30.0 Å².